The molecule has 0 saturated carbocycles. The van der Waals surface area contributed by atoms with Crippen LogP contribution in [0.5, 0.6) is 5.75 Å². The first-order valence-corrected chi connectivity index (χ1v) is 11.5. The molecule has 0 aliphatic rings. The zero-order chi connectivity index (χ0) is 26.2. The van der Waals surface area contributed by atoms with Gasteiger partial charge >= 0.3 is 11.7 Å². The smallest absolute Gasteiger partial charge is 0.323 e. The van der Waals surface area contributed by atoms with E-state index in [1.54, 1.807) is 13.1 Å². The third-order valence-electron chi connectivity index (χ3n) is 5.70. The minimum atomic E-state index is -0.967. The third kappa shape index (κ3) is 6.11. The number of nitrogens with zero attached hydrogens (tertiary/aromatic N) is 4. The van der Waals surface area contributed by atoms with Crippen molar-refractivity contribution in [3.05, 3.63) is 80.9 Å². The van der Waals surface area contributed by atoms with Crippen LogP contribution in [0.2, 0.25) is 0 Å². The Bertz CT molecular complexity index is 1220. The summed E-state index contributed by atoms with van der Waals surface area (Å²) < 4.78 is 11.1. The summed E-state index contributed by atoms with van der Waals surface area (Å²) >= 11 is 0. The molecule has 0 radical (unpaired) electrons. The number of methoxy groups -OCH3 is 1. The van der Waals surface area contributed by atoms with Gasteiger partial charge in [-0.3, -0.25) is 25.2 Å². The molecule has 0 fully saturated rings. The lowest BCUT2D eigenvalue weighted by atomic mass is 9.99. The van der Waals surface area contributed by atoms with Crippen LogP contribution in [0.3, 0.4) is 0 Å². The van der Waals surface area contributed by atoms with E-state index in [4.69, 9.17) is 15.2 Å². The first kappa shape index (κ1) is 26.5. The molecule has 1 unspecified atom stereocenters. The number of anilines is 1. The van der Waals surface area contributed by atoms with E-state index in [2.05, 4.69) is 20.3 Å². The van der Waals surface area contributed by atoms with E-state index in [0.29, 0.717) is 29.8 Å². The molecule has 0 aliphatic heterocycles. The van der Waals surface area contributed by atoms with Crippen LogP contribution >= 0.6 is 0 Å². The number of carbonyl (C=O) groups excluding carboxylic acids is 1. The van der Waals surface area contributed by atoms with E-state index in [1.165, 1.54) is 7.11 Å². The van der Waals surface area contributed by atoms with Crippen molar-refractivity contribution >= 4 is 17.6 Å². The van der Waals surface area contributed by atoms with Crippen molar-refractivity contribution in [1.29, 1.82) is 0 Å². The van der Waals surface area contributed by atoms with Gasteiger partial charge in [0.2, 0.25) is 5.95 Å². The minimum absolute atomic E-state index is 0.00836. The van der Waals surface area contributed by atoms with Crippen molar-refractivity contribution < 1.29 is 19.2 Å². The minimum Gasteiger partial charge on any atom is -0.496 e. The number of ether oxygens (including phenoxy) is 2. The zero-order valence-corrected chi connectivity index (χ0v) is 20.7. The molecule has 0 saturated heterocycles. The van der Waals surface area contributed by atoms with Crippen LogP contribution < -0.4 is 15.8 Å². The van der Waals surface area contributed by atoms with Crippen molar-refractivity contribution in [3.8, 4) is 5.75 Å². The number of nitrogen functional groups attached to an aromatic ring is 1. The fraction of sp³-hybridized carbons (Fsp3) is 0.360. The summed E-state index contributed by atoms with van der Waals surface area (Å²) in [6, 6.07) is 7.55. The SMILES string of the molecule is CCC[C@H](NC(c1nc(N)ncc1[N+](=O)[O-])c1ncc(C)c(OC)c1C)C(=O)OCc1ccccc1. The van der Waals surface area contributed by atoms with Gasteiger partial charge in [-0.1, -0.05) is 43.7 Å². The second-order valence-corrected chi connectivity index (χ2v) is 8.27. The number of benzene rings is 1. The van der Waals surface area contributed by atoms with Crippen molar-refractivity contribution in [1.82, 2.24) is 20.3 Å². The fourth-order valence-electron chi connectivity index (χ4n) is 3.97. The van der Waals surface area contributed by atoms with Gasteiger partial charge in [-0.05, 0) is 25.8 Å². The molecule has 2 heterocycles. The molecule has 190 valence electrons. The van der Waals surface area contributed by atoms with Crippen LogP contribution in [0.15, 0.2) is 42.7 Å². The van der Waals surface area contributed by atoms with E-state index in [9.17, 15) is 14.9 Å². The lowest BCUT2D eigenvalue weighted by Gasteiger charge is -2.26. The molecule has 0 aliphatic carbocycles. The number of nitro groups is 1. The maximum absolute atomic E-state index is 13.1. The Balaban J connectivity index is 2.05. The maximum atomic E-state index is 13.1. The molecule has 0 bridgehead atoms. The lowest BCUT2D eigenvalue weighted by molar-refractivity contribution is -0.386. The number of hydrogen-bond donors (Lipinski definition) is 2. The molecule has 11 heteroatoms. The van der Waals surface area contributed by atoms with Gasteiger partial charge < -0.3 is 15.2 Å². The molecule has 0 spiro atoms. The number of carbonyl (C=O) groups is 1. The average molecular weight is 495 g/mol. The Morgan fingerprint density at radius 1 is 1.17 bits per heavy atom. The van der Waals surface area contributed by atoms with Crippen LogP contribution in [0, 0.1) is 24.0 Å². The van der Waals surface area contributed by atoms with Gasteiger partial charge in [0.05, 0.1) is 17.7 Å². The van der Waals surface area contributed by atoms with Crippen molar-refractivity contribution in [2.75, 3.05) is 12.8 Å². The number of aromatic nitrogens is 3. The predicted octanol–water partition coefficient (Wildman–Crippen LogP) is 3.58. The van der Waals surface area contributed by atoms with E-state index < -0.39 is 23.0 Å². The Morgan fingerprint density at radius 2 is 1.89 bits per heavy atom. The second-order valence-electron chi connectivity index (χ2n) is 8.27. The molecule has 3 aromatic rings. The number of aryl methyl sites for hydroxylation is 1. The fourth-order valence-corrected chi connectivity index (χ4v) is 3.97. The van der Waals surface area contributed by atoms with Crippen molar-refractivity contribution in [2.24, 2.45) is 0 Å². The molecule has 2 aromatic heterocycles. The van der Waals surface area contributed by atoms with E-state index in [1.807, 2.05) is 44.2 Å². The number of pyridine rings is 1. The summed E-state index contributed by atoms with van der Waals surface area (Å²) in [7, 11) is 1.54. The number of nitrogens with two attached hydrogens (primary N) is 1. The van der Waals surface area contributed by atoms with Gasteiger partial charge in [-0.15, -0.1) is 0 Å². The Kier molecular flexibility index (Phi) is 8.85. The molecular weight excluding hydrogens is 464 g/mol. The predicted molar refractivity (Wildman–Crippen MR) is 133 cm³/mol. The molecule has 3 rings (SSSR count). The summed E-state index contributed by atoms with van der Waals surface area (Å²) in [4.78, 5) is 36.9. The summed E-state index contributed by atoms with van der Waals surface area (Å²) in [5.74, 6) is -0.0554. The number of rotatable bonds is 11. The van der Waals surface area contributed by atoms with Crippen LogP contribution in [0.1, 0.15) is 53.9 Å². The second kappa shape index (κ2) is 12.0. The van der Waals surface area contributed by atoms with Crippen LogP contribution in [-0.4, -0.2) is 39.0 Å². The Labute approximate surface area is 209 Å². The van der Waals surface area contributed by atoms with Gasteiger partial charge in [0.15, 0.2) is 0 Å². The Hall–Kier alpha value is -4.12. The topological polar surface area (TPSA) is 155 Å². The van der Waals surface area contributed by atoms with Gasteiger partial charge in [0.1, 0.15) is 36.3 Å². The zero-order valence-electron chi connectivity index (χ0n) is 20.7. The quantitative estimate of drug-likeness (QED) is 0.229. The normalized spacial score (nSPS) is 12.6. The van der Waals surface area contributed by atoms with Gasteiger partial charge in [-0.25, -0.2) is 9.97 Å². The summed E-state index contributed by atoms with van der Waals surface area (Å²) in [6.45, 7) is 5.67. The van der Waals surface area contributed by atoms with Gasteiger partial charge in [0, 0.05) is 17.3 Å². The molecule has 1 aromatic carbocycles. The Morgan fingerprint density at radius 3 is 2.53 bits per heavy atom. The lowest BCUT2D eigenvalue weighted by Crippen LogP contribution is -2.41. The van der Waals surface area contributed by atoms with Gasteiger partial charge in [0.25, 0.3) is 0 Å². The highest BCUT2D eigenvalue weighted by atomic mass is 16.6. The highest BCUT2D eigenvalue weighted by molar-refractivity contribution is 5.76. The van der Waals surface area contributed by atoms with Crippen LogP contribution in [0.25, 0.3) is 0 Å². The molecule has 3 N–H and O–H groups in total. The summed E-state index contributed by atoms with van der Waals surface area (Å²) in [5.41, 5.74) is 8.15. The number of hydrogen-bond acceptors (Lipinski definition) is 10. The van der Waals surface area contributed by atoms with Crippen LogP contribution in [-0.2, 0) is 16.1 Å². The molecule has 36 heavy (non-hydrogen) atoms. The van der Waals surface area contributed by atoms with E-state index in [0.717, 1.165) is 17.3 Å². The van der Waals surface area contributed by atoms with Crippen molar-refractivity contribution in [2.45, 2.75) is 52.3 Å². The van der Waals surface area contributed by atoms with Crippen molar-refractivity contribution in [3.63, 3.8) is 0 Å². The molecule has 11 nitrogen and oxygen atoms in total. The standard InChI is InChI=1S/C25H30N6O5/c1-5-9-18(24(32)36-14-17-10-7-6-8-11-17)29-22(20-16(3)23(35-4)15(2)12-27-20)21-19(31(33)34)13-28-25(26)30-21/h6-8,10-13,18,22,29H,5,9,14H2,1-4H3,(H2,26,28,30)/t18-,22?/m0/s1. The molecule has 2 atom stereocenters. The monoisotopic (exact) mass is 494 g/mol. The highest BCUT2D eigenvalue weighted by Crippen LogP contribution is 2.34. The number of esters is 1. The van der Waals surface area contributed by atoms with E-state index >= 15 is 0 Å². The van der Waals surface area contributed by atoms with E-state index in [-0.39, 0.29) is 23.9 Å². The molecule has 0 amide bonds. The average Bonchev–Trinajstić information content (AvgIpc) is 2.86. The molecular formula is C25H30N6O5. The highest BCUT2D eigenvalue weighted by Gasteiger charge is 2.33. The maximum Gasteiger partial charge on any atom is 0.323 e. The summed E-state index contributed by atoms with van der Waals surface area (Å²) in [6.07, 6.45) is 3.73. The third-order valence-corrected chi connectivity index (χ3v) is 5.70. The van der Waals surface area contributed by atoms with Gasteiger partial charge in [-0.2, -0.15) is 0 Å². The first-order chi connectivity index (χ1) is 17.3. The van der Waals surface area contributed by atoms with Crippen LogP contribution in [0.4, 0.5) is 11.6 Å². The largest absolute Gasteiger partial charge is 0.496 e. The first-order valence-electron chi connectivity index (χ1n) is 11.5. The number of nitrogens with one attached hydrogen (secondary N) is 1. The summed E-state index contributed by atoms with van der Waals surface area (Å²) in [5, 5.41) is 15.1.